The summed E-state index contributed by atoms with van der Waals surface area (Å²) in [5.41, 5.74) is 6.11. The van der Waals surface area contributed by atoms with Gasteiger partial charge in [0, 0.05) is 12.0 Å². The van der Waals surface area contributed by atoms with Crippen LogP contribution in [0.1, 0.15) is 91.4 Å². The van der Waals surface area contributed by atoms with Crippen LogP contribution in [-0.2, 0) is 4.79 Å². The van der Waals surface area contributed by atoms with Crippen molar-refractivity contribution >= 4 is 5.78 Å². The van der Waals surface area contributed by atoms with Crippen molar-refractivity contribution in [2.45, 2.75) is 110 Å². The fraction of sp³-hybridized carbons (Fsp3) is 0.960. The van der Waals surface area contributed by atoms with E-state index in [1.807, 2.05) is 0 Å². The Morgan fingerprint density at radius 2 is 1.55 bits per heavy atom. The van der Waals surface area contributed by atoms with Crippen molar-refractivity contribution in [2.24, 2.45) is 47.2 Å². The van der Waals surface area contributed by atoms with Crippen LogP contribution in [0.25, 0.3) is 0 Å². The molecule has 6 atom stereocenters. The predicted octanol–water partition coefficient (Wildman–Crippen LogP) is 4.31. The Morgan fingerprint density at radius 3 is 2.10 bits per heavy atom. The standard InChI is InChI=1S/C25H45NO3/c1-4-23(26)25(29)19-7-5-17(6-8-19)22-14-13-21(16(3)27)15(2)24(22)18-9-11-20(28)12-10-18/h15,17-25,28-29H,4-14,26H2,1-3H3/t15?,17?,18-,19?,20+,21?,22?,23-,24+,25?/m0/s1. The summed E-state index contributed by atoms with van der Waals surface area (Å²) >= 11 is 0. The molecule has 3 aliphatic carbocycles. The Kier molecular flexibility index (Phi) is 8.20. The molecule has 3 saturated carbocycles. The predicted molar refractivity (Wildman–Crippen MR) is 117 cm³/mol. The van der Waals surface area contributed by atoms with Crippen LogP contribution in [0.3, 0.4) is 0 Å². The number of aliphatic hydroxyl groups is 2. The topological polar surface area (TPSA) is 83.5 Å². The molecule has 0 saturated heterocycles. The molecule has 0 radical (unpaired) electrons. The first-order valence-corrected chi connectivity index (χ1v) is 12.5. The SMILES string of the molecule is CC[C@H](N)C(O)C1CCC(C2CCC(C(C)=O)C(C)[C@@H]2[C@H]2CC[C@@H](O)CC2)CC1. The summed E-state index contributed by atoms with van der Waals surface area (Å²) in [7, 11) is 0. The van der Waals surface area contributed by atoms with E-state index < -0.39 is 0 Å². The van der Waals surface area contributed by atoms with E-state index in [-0.39, 0.29) is 24.2 Å². The molecule has 0 aliphatic heterocycles. The van der Waals surface area contributed by atoms with Crippen LogP contribution in [0.2, 0.25) is 0 Å². The van der Waals surface area contributed by atoms with E-state index in [4.69, 9.17) is 5.73 Å². The minimum Gasteiger partial charge on any atom is -0.393 e. The first-order chi connectivity index (χ1) is 13.8. The lowest BCUT2D eigenvalue weighted by Gasteiger charge is -2.50. The maximum absolute atomic E-state index is 12.3. The molecule has 168 valence electrons. The summed E-state index contributed by atoms with van der Waals surface area (Å²) in [6.07, 6.45) is 11.3. The third-order valence-corrected chi connectivity index (χ3v) is 9.17. The minimum atomic E-state index is -0.357. The van der Waals surface area contributed by atoms with Crippen molar-refractivity contribution in [3.05, 3.63) is 0 Å². The van der Waals surface area contributed by atoms with Crippen molar-refractivity contribution in [1.29, 1.82) is 0 Å². The monoisotopic (exact) mass is 407 g/mol. The Morgan fingerprint density at radius 1 is 0.966 bits per heavy atom. The molecule has 3 rings (SSSR count). The second kappa shape index (κ2) is 10.2. The van der Waals surface area contributed by atoms with Gasteiger partial charge in [0.15, 0.2) is 0 Å². The highest BCUT2D eigenvalue weighted by Gasteiger charge is 2.46. The Bertz CT molecular complexity index is 522. The summed E-state index contributed by atoms with van der Waals surface area (Å²) in [6, 6.07) is -0.0935. The van der Waals surface area contributed by atoms with Gasteiger partial charge in [0.25, 0.3) is 0 Å². The van der Waals surface area contributed by atoms with Gasteiger partial charge in [-0.1, -0.05) is 13.8 Å². The maximum atomic E-state index is 12.3. The quantitative estimate of drug-likeness (QED) is 0.612. The number of hydrogen-bond acceptors (Lipinski definition) is 4. The normalized spacial score (nSPS) is 43.5. The first kappa shape index (κ1) is 23.2. The molecular formula is C25H45NO3. The van der Waals surface area contributed by atoms with E-state index >= 15 is 0 Å². The molecule has 0 bridgehead atoms. The van der Waals surface area contributed by atoms with Gasteiger partial charge < -0.3 is 15.9 Å². The molecule has 0 heterocycles. The van der Waals surface area contributed by atoms with Crippen molar-refractivity contribution in [3.63, 3.8) is 0 Å². The summed E-state index contributed by atoms with van der Waals surface area (Å²) in [4.78, 5) is 12.3. The highest BCUT2D eigenvalue weighted by atomic mass is 16.3. The minimum absolute atomic E-state index is 0.0935. The van der Waals surface area contributed by atoms with Crippen molar-refractivity contribution in [3.8, 4) is 0 Å². The van der Waals surface area contributed by atoms with Crippen LogP contribution in [-0.4, -0.2) is 34.2 Å². The van der Waals surface area contributed by atoms with Crippen molar-refractivity contribution < 1.29 is 15.0 Å². The zero-order valence-corrected chi connectivity index (χ0v) is 18.9. The molecule has 3 aliphatic rings. The van der Waals surface area contributed by atoms with Crippen LogP contribution >= 0.6 is 0 Å². The lowest BCUT2D eigenvalue weighted by Crippen LogP contribution is -2.46. The molecule has 0 aromatic rings. The molecule has 3 fully saturated rings. The van der Waals surface area contributed by atoms with Crippen LogP contribution in [0.15, 0.2) is 0 Å². The van der Waals surface area contributed by atoms with Crippen LogP contribution < -0.4 is 5.73 Å². The largest absolute Gasteiger partial charge is 0.393 e. The Labute approximate surface area is 178 Å². The highest BCUT2D eigenvalue weighted by Crippen LogP contribution is 2.52. The van der Waals surface area contributed by atoms with Gasteiger partial charge in [-0.15, -0.1) is 0 Å². The van der Waals surface area contributed by atoms with Gasteiger partial charge in [0.05, 0.1) is 12.2 Å². The van der Waals surface area contributed by atoms with Crippen LogP contribution in [0.4, 0.5) is 0 Å². The molecule has 4 heteroatoms. The van der Waals surface area contributed by atoms with Crippen LogP contribution in [0, 0.1) is 41.4 Å². The summed E-state index contributed by atoms with van der Waals surface area (Å²) < 4.78 is 0. The van der Waals surface area contributed by atoms with Gasteiger partial charge in [0.1, 0.15) is 5.78 Å². The summed E-state index contributed by atoms with van der Waals surface area (Å²) in [5, 5.41) is 20.6. The van der Waals surface area contributed by atoms with Crippen molar-refractivity contribution in [2.75, 3.05) is 0 Å². The van der Waals surface area contributed by atoms with Gasteiger partial charge in [-0.05, 0) is 113 Å². The van der Waals surface area contributed by atoms with Gasteiger partial charge >= 0.3 is 0 Å². The van der Waals surface area contributed by atoms with E-state index in [2.05, 4.69) is 13.8 Å². The third kappa shape index (κ3) is 5.25. The molecule has 4 nitrogen and oxygen atoms in total. The Hall–Kier alpha value is -0.450. The highest BCUT2D eigenvalue weighted by molar-refractivity contribution is 5.78. The van der Waals surface area contributed by atoms with E-state index in [1.54, 1.807) is 6.92 Å². The molecule has 4 unspecified atom stereocenters. The maximum Gasteiger partial charge on any atom is 0.133 e. The van der Waals surface area contributed by atoms with E-state index in [0.29, 0.717) is 35.4 Å². The average molecular weight is 408 g/mol. The zero-order valence-electron chi connectivity index (χ0n) is 18.9. The summed E-state index contributed by atoms with van der Waals surface area (Å²) in [5.74, 6) is 4.13. The molecule has 0 aromatic carbocycles. The molecule has 4 N–H and O–H groups in total. The van der Waals surface area contributed by atoms with E-state index in [0.717, 1.165) is 57.3 Å². The second-order valence-electron chi connectivity index (χ2n) is 10.7. The number of nitrogens with two attached hydrogens (primary N) is 1. The third-order valence-electron chi connectivity index (χ3n) is 9.17. The molecule has 29 heavy (non-hydrogen) atoms. The molecule has 0 aromatic heterocycles. The molecular weight excluding hydrogens is 362 g/mol. The number of carbonyl (C=O) groups excluding carboxylic acids is 1. The van der Waals surface area contributed by atoms with E-state index in [9.17, 15) is 15.0 Å². The van der Waals surface area contributed by atoms with E-state index in [1.165, 1.54) is 19.3 Å². The number of rotatable bonds is 6. The smallest absolute Gasteiger partial charge is 0.133 e. The lowest BCUT2D eigenvalue weighted by atomic mass is 9.55. The van der Waals surface area contributed by atoms with Crippen molar-refractivity contribution in [1.82, 2.24) is 0 Å². The molecule has 0 spiro atoms. The first-order valence-electron chi connectivity index (χ1n) is 12.5. The number of hydrogen-bond donors (Lipinski definition) is 3. The number of aliphatic hydroxyl groups excluding tert-OH is 2. The molecule has 0 amide bonds. The van der Waals surface area contributed by atoms with Crippen LogP contribution in [0.5, 0.6) is 0 Å². The average Bonchev–Trinajstić information content (AvgIpc) is 2.73. The summed E-state index contributed by atoms with van der Waals surface area (Å²) in [6.45, 7) is 6.18. The second-order valence-corrected chi connectivity index (χ2v) is 10.7. The van der Waals surface area contributed by atoms with Gasteiger partial charge in [0.2, 0.25) is 0 Å². The fourth-order valence-electron chi connectivity index (χ4n) is 7.38. The lowest BCUT2D eigenvalue weighted by molar-refractivity contribution is -0.127. The Balaban J connectivity index is 1.69. The zero-order chi connectivity index (χ0) is 21.1. The number of ketones is 1. The van der Waals surface area contributed by atoms with Gasteiger partial charge in [-0.2, -0.15) is 0 Å². The van der Waals surface area contributed by atoms with Gasteiger partial charge in [-0.25, -0.2) is 0 Å². The number of carbonyl (C=O) groups is 1. The van der Waals surface area contributed by atoms with Gasteiger partial charge in [-0.3, -0.25) is 4.79 Å². The fourth-order valence-corrected chi connectivity index (χ4v) is 7.38. The number of Topliss-reactive ketones (excluding diaryl/α,β-unsaturated/α-hetero) is 1.